The highest BCUT2D eigenvalue weighted by Crippen LogP contribution is 2.18. The quantitative estimate of drug-likeness (QED) is 0.904. The van der Waals surface area contributed by atoms with Gasteiger partial charge in [0.05, 0.1) is 6.54 Å². The average molecular weight is 314 g/mol. The van der Waals surface area contributed by atoms with Gasteiger partial charge in [0.2, 0.25) is 5.91 Å². The number of aryl methyl sites for hydroxylation is 1. The Morgan fingerprint density at radius 3 is 2.83 bits per heavy atom. The Morgan fingerprint density at radius 2 is 2.13 bits per heavy atom. The smallest absolute Gasteiger partial charge is 0.244 e. The second kappa shape index (κ2) is 6.76. The fourth-order valence-electron chi connectivity index (χ4n) is 2.74. The topological polar surface area (TPSA) is 75.9 Å². The molecule has 1 atom stereocenters. The van der Waals surface area contributed by atoms with Crippen LogP contribution in [0.25, 0.3) is 0 Å². The minimum Gasteiger partial charge on any atom is -0.357 e. The minimum atomic E-state index is -0.354. The van der Waals surface area contributed by atoms with Crippen molar-refractivity contribution < 1.29 is 4.79 Å². The van der Waals surface area contributed by atoms with Crippen molar-refractivity contribution in [1.29, 1.82) is 0 Å². The van der Waals surface area contributed by atoms with E-state index in [0.717, 1.165) is 24.6 Å². The highest BCUT2D eigenvalue weighted by atomic mass is 16.2. The molecule has 1 aliphatic rings. The lowest BCUT2D eigenvalue weighted by Crippen LogP contribution is -2.31. The first-order valence-electron chi connectivity index (χ1n) is 8.00. The van der Waals surface area contributed by atoms with E-state index in [9.17, 15) is 4.79 Å². The molecule has 7 heteroatoms. The SMILES string of the molecule is Cc1cc(N2CCCC2)nc(CNC(=O)C(C)n2cccn2)n1. The van der Waals surface area contributed by atoms with E-state index in [2.05, 4.69) is 25.3 Å². The number of carbonyl (C=O) groups is 1. The Morgan fingerprint density at radius 1 is 1.35 bits per heavy atom. The number of nitrogens with zero attached hydrogens (tertiary/aromatic N) is 5. The molecule has 0 aliphatic carbocycles. The molecule has 0 saturated carbocycles. The van der Waals surface area contributed by atoms with Crippen LogP contribution in [-0.4, -0.2) is 38.7 Å². The van der Waals surface area contributed by atoms with E-state index in [4.69, 9.17) is 0 Å². The van der Waals surface area contributed by atoms with Gasteiger partial charge in [-0.3, -0.25) is 9.48 Å². The Labute approximate surface area is 135 Å². The summed E-state index contributed by atoms with van der Waals surface area (Å²) >= 11 is 0. The average Bonchev–Trinajstić information content (AvgIpc) is 3.23. The molecule has 23 heavy (non-hydrogen) atoms. The first kappa shape index (κ1) is 15.5. The van der Waals surface area contributed by atoms with Gasteiger partial charge in [-0.1, -0.05) is 0 Å². The summed E-state index contributed by atoms with van der Waals surface area (Å²) in [5.41, 5.74) is 0.922. The van der Waals surface area contributed by atoms with Crippen molar-refractivity contribution in [2.75, 3.05) is 18.0 Å². The molecule has 1 aliphatic heterocycles. The fraction of sp³-hybridized carbons (Fsp3) is 0.500. The molecule has 2 aromatic rings. The maximum absolute atomic E-state index is 12.2. The van der Waals surface area contributed by atoms with Crippen molar-refractivity contribution in [3.05, 3.63) is 36.0 Å². The number of hydrogen-bond acceptors (Lipinski definition) is 5. The van der Waals surface area contributed by atoms with Gasteiger partial charge in [0, 0.05) is 37.2 Å². The molecule has 0 aromatic carbocycles. The van der Waals surface area contributed by atoms with E-state index in [-0.39, 0.29) is 11.9 Å². The zero-order valence-corrected chi connectivity index (χ0v) is 13.6. The van der Waals surface area contributed by atoms with Gasteiger partial charge in [0.1, 0.15) is 17.7 Å². The number of rotatable bonds is 5. The minimum absolute atomic E-state index is 0.0958. The maximum Gasteiger partial charge on any atom is 0.244 e. The normalized spacial score (nSPS) is 15.7. The van der Waals surface area contributed by atoms with Crippen LogP contribution in [0.2, 0.25) is 0 Å². The number of aromatic nitrogens is 4. The van der Waals surface area contributed by atoms with E-state index >= 15 is 0 Å². The third-order valence-corrected chi connectivity index (χ3v) is 4.04. The van der Waals surface area contributed by atoms with E-state index in [0.29, 0.717) is 12.4 Å². The molecule has 1 N–H and O–H groups in total. The first-order chi connectivity index (χ1) is 11.1. The van der Waals surface area contributed by atoms with Gasteiger partial charge in [-0.2, -0.15) is 5.10 Å². The Kier molecular flexibility index (Phi) is 4.55. The van der Waals surface area contributed by atoms with Crippen LogP contribution in [0.3, 0.4) is 0 Å². The molecule has 1 saturated heterocycles. The molecule has 1 amide bonds. The van der Waals surface area contributed by atoms with Crippen molar-refractivity contribution in [2.24, 2.45) is 0 Å². The summed E-state index contributed by atoms with van der Waals surface area (Å²) in [5, 5.41) is 6.98. The van der Waals surface area contributed by atoms with Crippen molar-refractivity contribution in [3.63, 3.8) is 0 Å². The highest BCUT2D eigenvalue weighted by molar-refractivity contribution is 5.79. The molecule has 0 radical (unpaired) electrons. The first-order valence-corrected chi connectivity index (χ1v) is 8.00. The third-order valence-electron chi connectivity index (χ3n) is 4.04. The van der Waals surface area contributed by atoms with E-state index < -0.39 is 0 Å². The molecule has 0 spiro atoms. The van der Waals surface area contributed by atoms with Gasteiger partial charge in [0.15, 0.2) is 0 Å². The van der Waals surface area contributed by atoms with Crippen molar-refractivity contribution >= 4 is 11.7 Å². The van der Waals surface area contributed by atoms with Crippen LogP contribution < -0.4 is 10.2 Å². The van der Waals surface area contributed by atoms with Crippen LogP contribution >= 0.6 is 0 Å². The van der Waals surface area contributed by atoms with Gasteiger partial charge in [0.25, 0.3) is 0 Å². The van der Waals surface area contributed by atoms with Crippen LogP contribution in [0.1, 0.15) is 37.3 Å². The van der Waals surface area contributed by atoms with E-state index in [1.807, 2.05) is 19.9 Å². The van der Waals surface area contributed by atoms with Crippen molar-refractivity contribution in [1.82, 2.24) is 25.1 Å². The largest absolute Gasteiger partial charge is 0.357 e. The summed E-state index contributed by atoms with van der Waals surface area (Å²) in [6.45, 7) is 6.18. The maximum atomic E-state index is 12.2. The molecule has 3 heterocycles. The summed E-state index contributed by atoms with van der Waals surface area (Å²) in [4.78, 5) is 23.5. The molecule has 7 nitrogen and oxygen atoms in total. The number of carbonyl (C=O) groups excluding carboxylic acids is 1. The highest BCUT2D eigenvalue weighted by Gasteiger charge is 2.17. The Balaban J connectivity index is 1.64. The number of nitrogens with one attached hydrogen (secondary N) is 1. The zero-order chi connectivity index (χ0) is 16.2. The second-order valence-electron chi connectivity index (χ2n) is 5.86. The molecular weight excluding hydrogens is 292 g/mol. The van der Waals surface area contributed by atoms with Crippen LogP contribution in [0.5, 0.6) is 0 Å². The Hall–Kier alpha value is -2.44. The molecule has 1 unspecified atom stereocenters. The lowest BCUT2D eigenvalue weighted by atomic mass is 10.3. The lowest BCUT2D eigenvalue weighted by Gasteiger charge is -2.18. The van der Waals surface area contributed by atoms with Gasteiger partial charge in [-0.05, 0) is 32.8 Å². The molecule has 1 fully saturated rings. The third kappa shape index (κ3) is 3.67. The van der Waals surface area contributed by atoms with E-state index in [1.165, 1.54) is 12.8 Å². The number of anilines is 1. The van der Waals surface area contributed by atoms with E-state index in [1.54, 1.807) is 23.1 Å². The predicted molar refractivity (Wildman–Crippen MR) is 87.0 cm³/mol. The summed E-state index contributed by atoms with van der Waals surface area (Å²) in [6.07, 6.45) is 5.85. The van der Waals surface area contributed by atoms with Gasteiger partial charge < -0.3 is 10.2 Å². The van der Waals surface area contributed by atoms with Gasteiger partial charge >= 0.3 is 0 Å². The van der Waals surface area contributed by atoms with Gasteiger partial charge in [-0.25, -0.2) is 9.97 Å². The summed E-state index contributed by atoms with van der Waals surface area (Å²) in [7, 11) is 0. The summed E-state index contributed by atoms with van der Waals surface area (Å²) < 4.78 is 1.63. The molecule has 122 valence electrons. The lowest BCUT2D eigenvalue weighted by molar-refractivity contribution is -0.124. The molecular formula is C16H22N6O. The molecule has 2 aromatic heterocycles. The molecule has 0 bridgehead atoms. The number of amides is 1. The van der Waals surface area contributed by atoms with Crippen molar-refractivity contribution in [2.45, 2.75) is 39.3 Å². The van der Waals surface area contributed by atoms with Crippen LogP contribution in [0.15, 0.2) is 24.5 Å². The predicted octanol–water partition coefficient (Wildman–Crippen LogP) is 1.46. The summed E-state index contributed by atoms with van der Waals surface area (Å²) in [6, 6.07) is 3.45. The summed E-state index contributed by atoms with van der Waals surface area (Å²) in [5.74, 6) is 1.51. The van der Waals surface area contributed by atoms with Crippen LogP contribution in [0, 0.1) is 6.92 Å². The van der Waals surface area contributed by atoms with Crippen LogP contribution in [-0.2, 0) is 11.3 Å². The standard InChI is InChI=1S/C16H22N6O/c1-12-10-15(21-7-3-4-8-21)20-14(19-12)11-17-16(23)13(2)22-9-5-6-18-22/h5-6,9-10,13H,3-4,7-8,11H2,1-2H3,(H,17,23). The fourth-order valence-corrected chi connectivity index (χ4v) is 2.74. The van der Waals surface area contributed by atoms with Gasteiger partial charge in [-0.15, -0.1) is 0 Å². The second-order valence-corrected chi connectivity index (χ2v) is 5.86. The van der Waals surface area contributed by atoms with Crippen LogP contribution in [0.4, 0.5) is 5.82 Å². The number of hydrogen-bond donors (Lipinski definition) is 1. The monoisotopic (exact) mass is 314 g/mol. The zero-order valence-electron chi connectivity index (χ0n) is 13.6. The molecule has 3 rings (SSSR count). The van der Waals surface area contributed by atoms with Crippen molar-refractivity contribution in [3.8, 4) is 0 Å². The Bertz CT molecular complexity index is 663.